The second-order valence-corrected chi connectivity index (χ2v) is 10.8. The summed E-state index contributed by atoms with van der Waals surface area (Å²) >= 11 is 0. The van der Waals surface area contributed by atoms with Gasteiger partial charge in [-0.3, -0.25) is 9.40 Å². The lowest BCUT2D eigenvalue weighted by atomic mass is 10.2. The second-order valence-electron chi connectivity index (χ2n) is 9.07. The monoisotopic (exact) mass is 522 g/mol. The molecule has 12 nitrogen and oxygen atoms in total. The van der Waals surface area contributed by atoms with Crippen LogP contribution in [-0.4, -0.2) is 49.8 Å². The molecule has 0 aliphatic carbocycles. The average Bonchev–Trinajstić information content (AvgIpc) is 3.24. The number of anilines is 3. The van der Waals surface area contributed by atoms with Crippen molar-refractivity contribution in [3.05, 3.63) is 72.9 Å². The number of hydrogen-bond acceptors (Lipinski definition) is 9. The Hall–Kier alpha value is -4.39. The Labute approximate surface area is 214 Å². The summed E-state index contributed by atoms with van der Waals surface area (Å²) in [6.07, 6.45) is 6.82. The number of nitrogens with one attached hydrogen (secondary N) is 1. The van der Waals surface area contributed by atoms with E-state index in [9.17, 15) is 13.2 Å². The number of aryl methyl sites for hydroxylation is 1. The SMILES string of the molecule is Cn1cc(N(C(=O)OC(C)(C)C)c2nccc(-c3cnc(NS(=O)(=O)Cc4ccccc4)nc3)n2)cn1. The molecule has 0 radical (unpaired) electrons. The smallest absolute Gasteiger partial charge is 0.422 e. The number of amides is 1. The van der Waals surface area contributed by atoms with Crippen LogP contribution in [0.2, 0.25) is 0 Å². The molecule has 0 bridgehead atoms. The highest BCUT2D eigenvalue weighted by molar-refractivity contribution is 7.91. The first kappa shape index (κ1) is 25.7. The highest BCUT2D eigenvalue weighted by Crippen LogP contribution is 2.26. The van der Waals surface area contributed by atoms with Crippen LogP contribution in [0, 0.1) is 0 Å². The van der Waals surface area contributed by atoms with Gasteiger partial charge in [0.15, 0.2) is 0 Å². The molecule has 37 heavy (non-hydrogen) atoms. The topological polar surface area (TPSA) is 145 Å². The standard InChI is InChI=1S/C24H26N8O4S/c1-24(2,3)36-23(33)32(19-14-28-31(4)15-19)22-25-11-10-20(29-22)18-12-26-21(27-13-18)30-37(34,35)16-17-8-6-5-7-9-17/h5-15H,16H2,1-4H3,(H,26,27,30). The summed E-state index contributed by atoms with van der Waals surface area (Å²) in [5.74, 6) is -0.213. The van der Waals surface area contributed by atoms with Crippen molar-refractivity contribution in [1.82, 2.24) is 29.7 Å². The van der Waals surface area contributed by atoms with Crippen molar-refractivity contribution >= 4 is 33.7 Å². The summed E-state index contributed by atoms with van der Waals surface area (Å²) in [7, 11) is -1.98. The summed E-state index contributed by atoms with van der Waals surface area (Å²) < 4.78 is 34.4. The molecule has 1 N–H and O–H groups in total. The average molecular weight is 523 g/mol. The van der Waals surface area contributed by atoms with E-state index in [1.807, 2.05) is 6.07 Å². The molecule has 0 spiro atoms. The van der Waals surface area contributed by atoms with E-state index in [0.717, 1.165) is 0 Å². The number of carbonyl (C=O) groups is 1. The van der Waals surface area contributed by atoms with Gasteiger partial charge in [-0.1, -0.05) is 30.3 Å². The molecule has 13 heteroatoms. The molecule has 1 amide bonds. The summed E-state index contributed by atoms with van der Waals surface area (Å²) in [4.78, 5) is 31.2. The molecule has 3 heterocycles. The van der Waals surface area contributed by atoms with Gasteiger partial charge in [-0.25, -0.2) is 38.0 Å². The van der Waals surface area contributed by atoms with Crippen LogP contribution in [0.4, 0.5) is 22.4 Å². The minimum atomic E-state index is -3.70. The summed E-state index contributed by atoms with van der Waals surface area (Å²) in [5, 5.41) is 4.12. The maximum Gasteiger partial charge on any atom is 0.422 e. The number of sulfonamides is 1. The van der Waals surface area contributed by atoms with Gasteiger partial charge in [-0.2, -0.15) is 5.10 Å². The lowest BCUT2D eigenvalue weighted by Crippen LogP contribution is -2.34. The van der Waals surface area contributed by atoms with E-state index in [0.29, 0.717) is 22.5 Å². The zero-order chi connectivity index (χ0) is 26.6. The van der Waals surface area contributed by atoms with Crippen LogP contribution in [0.3, 0.4) is 0 Å². The normalized spacial score (nSPS) is 11.7. The van der Waals surface area contributed by atoms with Gasteiger partial charge in [-0.05, 0) is 32.4 Å². The molecule has 0 saturated carbocycles. The predicted octanol–water partition coefficient (Wildman–Crippen LogP) is 3.68. The van der Waals surface area contributed by atoms with Gasteiger partial charge in [0, 0.05) is 37.4 Å². The lowest BCUT2D eigenvalue weighted by molar-refractivity contribution is 0.0597. The molecule has 0 atom stereocenters. The van der Waals surface area contributed by atoms with Gasteiger partial charge in [0.05, 0.1) is 23.3 Å². The maximum atomic E-state index is 13.0. The first-order valence-electron chi connectivity index (χ1n) is 11.2. The van der Waals surface area contributed by atoms with Crippen LogP contribution >= 0.6 is 0 Å². The fourth-order valence-corrected chi connectivity index (χ4v) is 4.32. The predicted molar refractivity (Wildman–Crippen MR) is 137 cm³/mol. The van der Waals surface area contributed by atoms with Gasteiger partial charge in [-0.15, -0.1) is 0 Å². The molecule has 0 unspecified atom stereocenters. The largest absolute Gasteiger partial charge is 0.443 e. The number of rotatable bonds is 7. The van der Waals surface area contributed by atoms with E-state index in [1.165, 1.54) is 29.7 Å². The summed E-state index contributed by atoms with van der Waals surface area (Å²) in [6, 6.07) is 10.4. The molecule has 1 aromatic carbocycles. The van der Waals surface area contributed by atoms with Gasteiger partial charge < -0.3 is 4.74 Å². The van der Waals surface area contributed by atoms with Crippen molar-refractivity contribution in [2.24, 2.45) is 7.05 Å². The van der Waals surface area contributed by atoms with Crippen molar-refractivity contribution in [3.8, 4) is 11.3 Å². The fraction of sp³-hybridized carbons (Fsp3) is 0.250. The van der Waals surface area contributed by atoms with Crippen molar-refractivity contribution < 1.29 is 17.9 Å². The zero-order valence-electron chi connectivity index (χ0n) is 20.7. The highest BCUT2D eigenvalue weighted by atomic mass is 32.2. The Morgan fingerprint density at radius 2 is 1.76 bits per heavy atom. The number of nitrogens with zero attached hydrogens (tertiary/aromatic N) is 7. The zero-order valence-corrected chi connectivity index (χ0v) is 21.5. The highest BCUT2D eigenvalue weighted by Gasteiger charge is 2.28. The van der Waals surface area contributed by atoms with Crippen LogP contribution < -0.4 is 9.62 Å². The number of hydrogen-bond donors (Lipinski definition) is 1. The second kappa shape index (κ2) is 10.3. The maximum absolute atomic E-state index is 13.0. The van der Waals surface area contributed by atoms with E-state index in [4.69, 9.17) is 4.74 Å². The molecule has 0 fully saturated rings. The Bertz CT molecular complexity index is 1480. The van der Waals surface area contributed by atoms with Crippen LogP contribution in [0.5, 0.6) is 0 Å². The van der Waals surface area contributed by atoms with Crippen LogP contribution in [0.25, 0.3) is 11.3 Å². The molecule has 0 aliphatic heterocycles. The van der Waals surface area contributed by atoms with Crippen molar-refractivity contribution in [1.29, 1.82) is 0 Å². The molecule has 192 valence electrons. The lowest BCUT2D eigenvalue weighted by Gasteiger charge is -2.25. The number of ether oxygens (including phenoxy) is 1. The van der Waals surface area contributed by atoms with Crippen molar-refractivity contribution in [2.75, 3.05) is 9.62 Å². The third-order valence-corrected chi connectivity index (χ3v) is 5.97. The van der Waals surface area contributed by atoms with E-state index < -0.39 is 21.7 Å². The molecule has 3 aromatic heterocycles. The van der Waals surface area contributed by atoms with Gasteiger partial charge >= 0.3 is 6.09 Å². The Kier molecular flexibility index (Phi) is 7.16. The molecular formula is C24H26N8O4S. The van der Waals surface area contributed by atoms with E-state index in [-0.39, 0.29) is 17.6 Å². The molecule has 4 rings (SSSR count). The number of benzene rings is 1. The van der Waals surface area contributed by atoms with Crippen LogP contribution in [0.15, 0.2) is 67.4 Å². The van der Waals surface area contributed by atoms with Crippen molar-refractivity contribution in [2.45, 2.75) is 32.1 Å². The fourth-order valence-electron chi connectivity index (χ4n) is 3.23. The third-order valence-electron chi connectivity index (χ3n) is 4.76. The quantitative estimate of drug-likeness (QED) is 0.384. The Morgan fingerprint density at radius 3 is 2.38 bits per heavy atom. The third kappa shape index (κ3) is 6.85. The molecular weight excluding hydrogens is 496 g/mol. The van der Waals surface area contributed by atoms with Crippen molar-refractivity contribution in [3.63, 3.8) is 0 Å². The summed E-state index contributed by atoms with van der Waals surface area (Å²) in [5.41, 5.74) is 1.23. The van der Waals surface area contributed by atoms with Gasteiger partial charge in [0.25, 0.3) is 0 Å². The minimum absolute atomic E-state index is 0.0624. The number of carbonyl (C=O) groups excluding carboxylic acids is 1. The number of aromatic nitrogens is 6. The molecule has 0 aliphatic rings. The summed E-state index contributed by atoms with van der Waals surface area (Å²) in [6.45, 7) is 5.28. The van der Waals surface area contributed by atoms with Crippen LogP contribution in [-0.2, 0) is 27.6 Å². The molecule has 4 aromatic rings. The molecule has 0 saturated heterocycles. The first-order chi connectivity index (χ1) is 17.5. The Morgan fingerprint density at radius 1 is 1.05 bits per heavy atom. The van der Waals surface area contributed by atoms with Crippen LogP contribution in [0.1, 0.15) is 26.3 Å². The van der Waals surface area contributed by atoms with E-state index >= 15 is 0 Å². The van der Waals surface area contributed by atoms with Gasteiger partial charge in [0.2, 0.25) is 21.9 Å². The van der Waals surface area contributed by atoms with E-state index in [1.54, 1.807) is 69.0 Å². The van der Waals surface area contributed by atoms with E-state index in [2.05, 4.69) is 29.8 Å². The first-order valence-corrected chi connectivity index (χ1v) is 12.9. The minimum Gasteiger partial charge on any atom is -0.443 e. The van der Waals surface area contributed by atoms with Gasteiger partial charge in [0.1, 0.15) is 5.60 Å². The Balaban J connectivity index is 1.57.